The molecule has 0 atom stereocenters. The quantitative estimate of drug-likeness (QED) is 0.864. The van der Waals surface area contributed by atoms with Crippen LogP contribution in [-0.2, 0) is 18.9 Å². The van der Waals surface area contributed by atoms with Crippen molar-refractivity contribution in [1.82, 2.24) is 15.3 Å². The fraction of sp³-hybridized carbons (Fsp3) is 0.214. The van der Waals surface area contributed by atoms with Crippen molar-refractivity contribution >= 4 is 5.91 Å². The number of rotatable bonds is 3. The zero-order valence-electron chi connectivity index (χ0n) is 11.7. The summed E-state index contributed by atoms with van der Waals surface area (Å²) in [6.45, 7) is -0.680. The number of hydrogen-bond acceptors (Lipinski definition) is 3. The summed E-state index contributed by atoms with van der Waals surface area (Å²) in [5.41, 5.74) is -3.59. The van der Waals surface area contributed by atoms with Crippen LogP contribution in [0.2, 0.25) is 0 Å². The van der Waals surface area contributed by atoms with Crippen molar-refractivity contribution in [3.05, 3.63) is 59.2 Å². The molecule has 2 aromatic heterocycles. The van der Waals surface area contributed by atoms with Crippen LogP contribution < -0.4 is 5.32 Å². The van der Waals surface area contributed by atoms with E-state index in [1.165, 1.54) is 0 Å². The van der Waals surface area contributed by atoms with Crippen molar-refractivity contribution in [1.29, 1.82) is 0 Å². The summed E-state index contributed by atoms with van der Waals surface area (Å²) in [5.74, 6) is -1.20. The second kappa shape index (κ2) is 6.46. The van der Waals surface area contributed by atoms with Gasteiger partial charge in [0.2, 0.25) is 0 Å². The van der Waals surface area contributed by atoms with Crippen LogP contribution in [0.15, 0.2) is 36.8 Å². The average molecular weight is 349 g/mol. The summed E-state index contributed by atoms with van der Waals surface area (Å²) in [6.07, 6.45) is -6.85. The first-order valence-corrected chi connectivity index (χ1v) is 6.41. The predicted octanol–water partition coefficient (Wildman–Crippen LogP) is 3.44. The summed E-state index contributed by atoms with van der Waals surface area (Å²) >= 11 is 0. The third-order valence-electron chi connectivity index (χ3n) is 2.98. The molecule has 4 nitrogen and oxygen atoms in total. The van der Waals surface area contributed by atoms with Gasteiger partial charge in [-0.15, -0.1) is 0 Å². The number of alkyl halides is 6. The molecule has 0 radical (unpaired) electrons. The lowest BCUT2D eigenvalue weighted by molar-refractivity contribution is -0.139. The van der Waals surface area contributed by atoms with Gasteiger partial charge in [-0.1, -0.05) is 0 Å². The molecular formula is C14H9F6N3O. The molecule has 2 aromatic rings. The van der Waals surface area contributed by atoms with E-state index in [9.17, 15) is 31.1 Å². The number of hydrogen-bond donors (Lipinski definition) is 1. The summed E-state index contributed by atoms with van der Waals surface area (Å²) in [6, 6.07) is 2.44. The Labute approximate surface area is 131 Å². The van der Waals surface area contributed by atoms with Gasteiger partial charge in [-0.3, -0.25) is 14.8 Å². The van der Waals surface area contributed by atoms with Crippen LogP contribution in [0.4, 0.5) is 26.3 Å². The molecular weight excluding hydrogens is 340 g/mol. The zero-order chi connectivity index (χ0) is 18.0. The van der Waals surface area contributed by atoms with Gasteiger partial charge in [-0.05, 0) is 18.2 Å². The van der Waals surface area contributed by atoms with Gasteiger partial charge in [0.05, 0.1) is 28.9 Å². The fourth-order valence-electron chi connectivity index (χ4n) is 1.92. The molecule has 0 bridgehead atoms. The molecule has 0 aliphatic carbocycles. The molecule has 2 heterocycles. The van der Waals surface area contributed by atoms with Gasteiger partial charge in [-0.2, -0.15) is 26.3 Å². The van der Waals surface area contributed by atoms with Gasteiger partial charge in [0.15, 0.2) is 0 Å². The lowest BCUT2D eigenvalue weighted by Crippen LogP contribution is -2.27. The first kappa shape index (κ1) is 17.7. The Kier molecular flexibility index (Phi) is 4.76. The van der Waals surface area contributed by atoms with Crippen LogP contribution in [0.5, 0.6) is 0 Å². The second-order valence-corrected chi connectivity index (χ2v) is 4.60. The van der Waals surface area contributed by atoms with Crippen LogP contribution >= 0.6 is 0 Å². The third kappa shape index (κ3) is 4.00. The van der Waals surface area contributed by atoms with Crippen LogP contribution in [0.25, 0.3) is 0 Å². The summed E-state index contributed by atoms with van der Waals surface area (Å²) in [4.78, 5) is 18.8. The Morgan fingerprint density at radius 3 is 2.29 bits per heavy atom. The Morgan fingerprint density at radius 2 is 1.67 bits per heavy atom. The standard InChI is InChI=1S/C14H9F6N3O/c15-13(16,17)9-3-5-21-6-8(9)12(24)23-7-11-10(14(18,19)20)2-1-4-22-11/h1-6H,7H2,(H,23,24). The number of aromatic nitrogens is 2. The Bertz CT molecular complexity index is 742. The highest BCUT2D eigenvalue weighted by molar-refractivity contribution is 5.95. The van der Waals surface area contributed by atoms with E-state index in [1.807, 2.05) is 5.32 Å². The molecule has 0 aliphatic heterocycles. The van der Waals surface area contributed by atoms with Crippen molar-refractivity contribution in [2.45, 2.75) is 18.9 Å². The van der Waals surface area contributed by atoms with E-state index in [1.54, 1.807) is 0 Å². The Morgan fingerprint density at radius 1 is 1.00 bits per heavy atom. The lowest BCUT2D eigenvalue weighted by Gasteiger charge is -2.14. The molecule has 10 heteroatoms. The fourth-order valence-corrected chi connectivity index (χ4v) is 1.92. The monoisotopic (exact) mass is 349 g/mol. The van der Waals surface area contributed by atoms with E-state index in [4.69, 9.17) is 0 Å². The highest BCUT2D eigenvalue weighted by Gasteiger charge is 2.36. The number of carbonyl (C=O) groups excluding carboxylic acids is 1. The number of pyridine rings is 2. The van der Waals surface area contributed by atoms with E-state index < -0.39 is 47.2 Å². The van der Waals surface area contributed by atoms with Gasteiger partial charge in [0, 0.05) is 18.6 Å². The van der Waals surface area contributed by atoms with Gasteiger partial charge in [0.25, 0.3) is 5.91 Å². The first-order chi connectivity index (χ1) is 11.1. The van der Waals surface area contributed by atoms with E-state index >= 15 is 0 Å². The normalized spacial score (nSPS) is 12.1. The molecule has 0 saturated carbocycles. The number of amides is 1. The molecule has 1 N–H and O–H groups in total. The van der Waals surface area contributed by atoms with Gasteiger partial charge in [-0.25, -0.2) is 0 Å². The molecule has 0 spiro atoms. The topological polar surface area (TPSA) is 54.9 Å². The SMILES string of the molecule is O=C(NCc1ncccc1C(F)(F)F)c1cnccc1C(F)(F)F. The highest BCUT2D eigenvalue weighted by Crippen LogP contribution is 2.32. The Hall–Kier alpha value is -2.65. The van der Waals surface area contributed by atoms with Gasteiger partial charge in [0.1, 0.15) is 0 Å². The summed E-state index contributed by atoms with van der Waals surface area (Å²) < 4.78 is 76.9. The lowest BCUT2D eigenvalue weighted by atomic mass is 10.1. The van der Waals surface area contributed by atoms with E-state index in [2.05, 4.69) is 9.97 Å². The van der Waals surface area contributed by atoms with Gasteiger partial charge >= 0.3 is 12.4 Å². The maximum Gasteiger partial charge on any atom is 0.418 e. The minimum absolute atomic E-state index is 0.504. The number of halogens is 6. The van der Waals surface area contributed by atoms with Crippen LogP contribution in [0.1, 0.15) is 27.2 Å². The van der Waals surface area contributed by atoms with E-state index in [-0.39, 0.29) is 0 Å². The maximum absolute atomic E-state index is 12.8. The van der Waals surface area contributed by atoms with Crippen molar-refractivity contribution < 1.29 is 31.1 Å². The molecule has 0 aliphatic rings. The number of carbonyl (C=O) groups is 1. The van der Waals surface area contributed by atoms with E-state index in [0.717, 1.165) is 24.5 Å². The maximum atomic E-state index is 12.8. The zero-order valence-corrected chi connectivity index (χ0v) is 11.7. The van der Waals surface area contributed by atoms with Crippen LogP contribution in [0.3, 0.4) is 0 Å². The van der Waals surface area contributed by atoms with Gasteiger partial charge < -0.3 is 5.32 Å². The van der Waals surface area contributed by atoms with Crippen molar-refractivity contribution in [2.75, 3.05) is 0 Å². The van der Waals surface area contributed by atoms with Crippen molar-refractivity contribution in [2.24, 2.45) is 0 Å². The average Bonchev–Trinajstić information content (AvgIpc) is 2.51. The number of nitrogens with zero attached hydrogens (tertiary/aromatic N) is 2. The summed E-state index contributed by atoms with van der Waals surface area (Å²) in [7, 11) is 0. The predicted molar refractivity (Wildman–Crippen MR) is 69.6 cm³/mol. The van der Waals surface area contributed by atoms with Crippen LogP contribution in [0, 0.1) is 0 Å². The number of nitrogens with one attached hydrogen (secondary N) is 1. The minimum Gasteiger partial charge on any atom is -0.346 e. The molecule has 1 amide bonds. The van der Waals surface area contributed by atoms with Crippen molar-refractivity contribution in [3.8, 4) is 0 Å². The first-order valence-electron chi connectivity index (χ1n) is 6.41. The summed E-state index contributed by atoms with van der Waals surface area (Å²) in [5, 5.41) is 2.00. The molecule has 2 rings (SSSR count). The van der Waals surface area contributed by atoms with E-state index in [0.29, 0.717) is 12.3 Å². The Balaban J connectivity index is 2.22. The molecule has 24 heavy (non-hydrogen) atoms. The van der Waals surface area contributed by atoms with Crippen molar-refractivity contribution in [3.63, 3.8) is 0 Å². The smallest absolute Gasteiger partial charge is 0.346 e. The molecule has 0 unspecified atom stereocenters. The molecule has 0 fully saturated rings. The third-order valence-corrected chi connectivity index (χ3v) is 2.98. The molecule has 128 valence electrons. The largest absolute Gasteiger partial charge is 0.418 e. The minimum atomic E-state index is -4.79. The second-order valence-electron chi connectivity index (χ2n) is 4.60. The highest BCUT2D eigenvalue weighted by atomic mass is 19.4. The molecule has 0 saturated heterocycles. The van der Waals surface area contributed by atoms with Crippen LogP contribution in [-0.4, -0.2) is 15.9 Å². The molecule has 0 aromatic carbocycles.